The zero-order valence-electron chi connectivity index (χ0n) is 15.3. The van der Waals surface area contributed by atoms with E-state index in [-0.39, 0.29) is 29.8 Å². The first-order valence-electron chi connectivity index (χ1n) is 9.47. The van der Waals surface area contributed by atoms with Gasteiger partial charge in [0.1, 0.15) is 6.04 Å². The van der Waals surface area contributed by atoms with Crippen LogP contribution in [0, 0.1) is 5.92 Å². The minimum absolute atomic E-state index is 0.0535. The number of benzene rings is 1. The van der Waals surface area contributed by atoms with Crippen LogP contribution in [0.2, 0.25) is 0 Å². The molecule has 0 unspecified atom stereocenters. The van der Waals surface area contributed by atoms with E-state index in [4.69, 9.17) is 0 Å². The van der Waals surface area contributed by atoms with Crippen LogP contribution in [0.25, 0.3) is 0 Å². The summed E-state index contributed by atoms with van der Waals surface area (Å²) in [4.78, 5) is 29.2. The van der Waals surface area contributed by atoms with Crippen LogP contribution in [-0.2, 0) is 9.59 Å². The molecule has 2 atom stereocenters. The number of amides is 2. The van der Waals surface area contributed by atoms with E-state index < -0.39 is 0 Å². The summed E-state index contributed by atoms with van der Waals surface area (Å²) in [6, 6.07) is 10.2. The quantitative estimate of drug-likeness (QED) is 0.914. The van der Waals surface area contributed by atoms with Gasteiger partial charge in [-0.2, -0.15) is 0 Å². The number of nitrogens with zero attached hydrogens (tertiary/aromatic N) is 2. The van der Waals surface area contributed by atoms with Gasteiger partial charge in [0.05, 0.1) is 0 Å². The van der Waals surface area contributed by atoms with Crippen molar-refractivity contribution in [3.63, 3.8) is 0 Å². The molecule has 2 saturated heterocycles. The number of hydrogen-bond acceptors (Lipinski definition) is 3. The van der Waals surface area contributed by atoms with E-state index in [9.17, 15) is 9.59 Å². The Morgan fingerprint density at radius 2 is 1.80 bits per heavy atom. The van der Waals surface area contributed by atoms with E-state index in [0.29, 0.717) is 13.1 Å². The average molecular weight is 343 g/mol. The van der Waals surface area contributed by atoms with Crippen molar-refractivity contribution in [3.05, 3.63) is 30.3 Å². The summed E-state index contributed by atoms with van der Waals surface area (Å²) in [6.07, 6.45) is 3.79. The van der Waals surface area contributed by atoms with Crippen LogP contribution in [0.4, 0.5) is 5.69 Å². The molecule has 0 radical (unpaired) electrons. The number of carbonyl (C=O) groups excluding carboxylic acids is 2. The van der Waals surface area contributed by atoms with Crippen LogP contribution in [0.15, 0.2) is 30.3 Å². The summed E-state index contributed by atoms with van der Waals surface area (Å²) < 4.78 is 0. The summed E-state index contributed by atoms with van der Waals surface area (Å²) in [5.41, 5.74) is 1.10. The third-order valence-corrected chi connectivity index (χ3v) is 5.19. The lowest BCUT2D eigenvalue weighted by Gasteiger charge is -2.37. The van der Waals surface area contributed by atoms with E-state index in [1.165, 1.54) is 0 Å². The lowest BCUT2D eigenvalue weighted by atomic mass is 10.0. The fourth-order valence-electron chi connectivity index (χ4n) is 3.89. The van der Waals surface area contributed by atoms with Gasteiger partial charge in [-0.25, -0.2) is 0 Å². The highest BCUT2D eigenvalue weighted by atomic mass is 16.2. The van der Waals surface area contributed by atoms with Crippen molar-refractivity contribution in [2.24, 2.45) is 5.92 Å². The summed E-state index contributed by atoms with van der Waals surface area (Å²) >= 11 is 0. The van der Waals surface area contributed by atoms with Gasteiger partial charge in [0.2, 0.25) is 11.8 Å². The zero-order chi connectivity index (χ0) is 17.8. The first kappa shape index (κ1) is 17.8. The molecule has 0 saturated carbocycles. The largest absolute Gasteiger partial charge is 0.381 e. The molecule has 2 aliphatic heterocycles. The van der Waals surface area contributed by atoms with Gasteiger partial charge in [0.25, 0.3) is 0 Å². The highest BCUT2D eigenvalue weighted by Gasteiger charge is 2.38. The molecule has 3 rings (SSSR count). The predicted molar refractivity (Wildman–Crippen MR) is 99.2 cm³/mol. The van der Waals surface area contributed by atoms with Crippen LogP contribution in [0.1, 0.15) is 39.5 Å². The van der Waals surface area contributed by atoms with Crippen molar-refractivity contribution in [3.8, 4) is 0 Å². The van der Waals surface area contributed by atoms with Gasteiger partial charge in [0.15, 0.2) is 0 Å². The molecule has 136 valence electrons. The lowest BCUT2D eigenvalue weighted by Crippen LogP contribution is -2.53. The normalized spacial score (nSPS) is 23.8. The number of rotatable bonds is 4. The Morgan fingerprint density at radius 3 is 2.52 bits per heavy atom. The molecular formula is C20H29N3O2. The summed E-state index contributed by atoms with van der Waals surface area (Å²) in [7, 11) is 0. The molecule has 0 aliphatic carbocycles. The Morgan fingerprint density at radius 1 is 1.08 bits per heavy atom. The van der Waals surface area contributed by atoms with E-state index in [0.717, 1.165) is 37.9 Å². The highest BCUT2D eigenvalue weighted by molar-refractivity contribution is 5.89. The molecule has 1 aromatic carbocycles. The number of para-hydroxylation sites is 1. The van der Waals surface area contributed by atoms with Crippen molar-refractivity contribution < 1.29 is 9.59 Å². The second-order valence-corrected chi connectivity index (χ2v) is 7.48. The molecule has 1 aromatic rings. The van der Waals surface area contributed by atoms with Gasteiger partial charge < -0.3 is 15.1 Å². The van der Waals surface area contributed by atoms with E-state index in [1.54, 1.807) is 4.90 Å². The molecule has 5 heteroatoms. The van der Waals surface area contributed by atoms with Crippen LogP contribution in [0.3, 0.4) is 0 Å². The lowest BCUT2D eigenvalue weighted by molar-refractivity contribution is -0.146. The van der Waals surface area contributed by atoms with Crippen molar-refractivity contribution in [1.82, 2.24) is 9.80 Å². The minimum Gasteiger partial charge on any atom is -0.381 e. The maximum absolute atomic E-state index is 13.0. The smallest absolute Gasteiger partial charge is 0.245 e. The van der Waals surface area contributed by atoms with Crippen LogP contribution < -0.4 is 5.32 Å². The summed E-state index contributed by atoms with van der Waals surface area (Å²) in [6.45, 7) is 6.04. The van der Waals surface area contributed by atoms with E-state index >= 15 is 0 Å². The molecule has 5 nitrogen and oxygen atoms in total. The van der Waals surface area contributed by atoms with E-state index in [1.807, 2.05) is 36.9 Å². The van der Waals surface area contributed by atoms with Crippen molar-refractivity contribution in [2.75, 3.05) is 25.0 Å². The number of piperidine rings is 1. The predicted octanol–water partition coefficient (Wildman–Crippen LogP) is 2.74. The van der Waals surface area contributed by atoms with Crippen LogP contribution >= 0.6 is 0 Å². The monoisotopic (exact) mass is 343 g/mol. The molecule has 0 aromatic heterocycles. The Bertz CT molecular complexity index is 602. The second kappa shape index (κ2) is 7.89. The Labute approximate surface area is 150 Å². The molecule has 0 bridgehead atoms. The van der Waals surface area contributed by atoms with Crippen LogP contribution in [0.5, 0.6) is 0 Å². The molecule has 2 heterocycles. The maximum atomic E-state index is 13.0. The summed E-state index contributed by atoms with van der Waals surface area (Å²) in [5, 5.41) is 3.53. The molecular weight excluding hydrogens is 314 g/mol. The van der Waals surface area contributed by atoms with Gasteiger partial charge in [-0.1, -0.05) is 32.0 Å². The van der Waals surface area contributed by atoms with Gasteiger partial charge in [-0.3, -0.25) is 9.59 Å². The van der Waals surface area contributed by atoms with Gasteiger partial charge in [0, 0.05) is 37.3 Å². The number of likely N-dealkylation sites (tertiary alicyclic amines) is 2. The summed E-state index contributed by atoms with van der Waals surface area (Å²) in [5.74, 6) is 0.181. The van der Waals surface area contributed by atoms with E-state index in [2.05, 4.69) is 17.4 Å². The molecule has 2 aliphatic rings. The SMILES string of the molecule is CC(C)C(=O)N1CCC[C@@H]1C(=O)N1CCC[C@H](Nc2ccccc2)C1. The van der Waals surface area contributed by atoms with Crippen LogP contribution in [-0.4, -0.2) is 53.3 Å². The number of anilines is 1. The van der Waals surface area contributed by atoms with Crippen molar-refractivity contribution in [1.29, 1.82) is 0 Å². The third-order valence-electron chi connectivity index (χ3n) is 5.19. The Balaban J connectivity index is 1.62. The minimum atomic E-state index is -0.259. The van der Waals surface area contributed by atoms with Crippen molar-refractivity contribution >= 4 is 17.5 Å². The molecule has 2 amide bonds. The molecule has 25 heavy (non-hydrogen) atoms. The van der Waals surface area contributed by atoms with Gasteiger partial charge in [-0.15, -0.1) is 0 Å². The standard InChI is InChI=1S/C20H29N3O2/c1-15(2)19(24)23-13-7-11-18(23)20(25)22-12-6-10-17(14-22)21-16-8-4-3-5-9-16/h3-5,8-9,15,17-18,21H,6-7,10-14H2,1-2H3/t17-,18+/m0/s1. The third kappa shape index (κ3) is 4.14. The first-order valence-corrected chi connectivity index (χ1v) is 9.47. The highest BCUT2D eigenvalue weighted by Crippen LogP contribution is 2.24. The topological polar surface area (TPSA) is 52.7 Å². The zero-order valence-corrected chi connectivity index (χ0v) is 15.3. The average Bonchev–Trinajstić information content (AvgIpc) is 3.11. The van der Waals surface area contributed by atoms with Gasteiger partial charge in [-0.05, 0) is 37.8 Å². The number of nitrogens with one attached hydrogen (secondary N) is 1. The second-order valence-electron chi connectivity index (χ2n) is 7.48. The fraction of sp³-hybridized carbons (Fsp3) is 0.600. The Hall–Kier alpha value is -2.04. The molecule has 0 spiro atoms. The number of hydrogen-bond donors (Lipinski definition) is 1. The first-order chi connectivity index (χ1) is 12.1. The van der Waals surface area contributed by atoms with Gasteiger partial charge >= 0.3 is 0 Å². The fourth-order valence-corrected chi connectivity index (χ4v) is 3.89. The molecule has 1 N–H and O–H groups in total. The number of carbonyl (C=O) groups is 2. The maximum Gasteiger partial charge on any atom is 0.245 e. The van der Waals surface area contributed by atoms with Crippen molar-refractivity contribution in [2.45, 2.75) is 51.6 Å². The Kier molecular flexibility index (Phi) is 5.61. The molecule has 2 fully saturated rings.